The maximum Gasteiger partial charge on any atom is 0.127 e. The minimum absolute atomic E-state index is 0.0710. The number of piperazine rings is 1. The summed E-state index contributed by atoms with van der Waals surface area (Å²) in [5, 5.41) is 4.08. The Hall–Kier alpha value is -0.640. The molecule has 0 aliphatic carbocycles. The van der Waals surface area contributed by atoms with Gasteiger partial charge >= 0.3 is 0 Å². The Morgan fingerprint density at radius 1 is 1.50 bits per heavy atom. The zero-order valence-electron chi connectivity index (χ0n) is 11.1. The molecule has 1 unspecified atom stereocenters. The average molecular weight is 271 g/mol. The van der Waals surface area contributed by atoms with E-state index in [4.69, 9.17) is 11.6 Å². The number of nitrogens with one attached hydrogen (secondary N) is 1. The van der Waals surface area contributed by atoms with Crippen LogP contribution >= 0.6 is 11.6 Å². The van der Waals surface area contributed by atoms with Crippen LogP contribution in [0.5, 0.6) is 0 Å². The Kier molecular flexibility index (Phi) is 3.95. The molecule has 0 saturated carbocycles. The van der Waals surface area contributed by atoms with Crippen molar-refractivity contribution < 1.29 is 4.39 Å². The van der Waals surface area contributed by atoms with E-state index >= 15 is 0 Å². The van der Waals surface area contributed by atoms with Crippen LogP contribution in [-0.2, 0) is 6.54 Å². The van der Waals surface area contributed by atoms with Crippen molar-refractivity contribution in [3.8, 4) is 0 Å². The van der Waals surface area contributed by atoms with E-state index in [0.717, 1.165) is 13.1 Å². The van der Waals surface area contributed by atoms with Gasteiger partial charge in [0.15, 0.2) is 0 Å². The molecule has 2 rings (SSSR count). The van der Waals surface area contributed by atoms with Gasteiger partial charge in [-0.2, -0.15) is 0 Å². The summed E-state index contributed by atoms with van der Waals surface area (Å²) in [4.78, 5) is 2.30. The Labute approximate surface area is 113 Å². The second kappa shape index (κ2) is 5.16. The van der Waals surface area contributed by atoms with E-state index in [1.165, 1.54) is 6.07 Å². The van der Waals surface area contributed by atoms with Crippen molar-refractivity contribution in [1.82, 2.24) is 10.2 Å². The number of rotatable bonds is 2. The molecule has 0 bridgehead atoms. The zero-order valence-corrected chi connectivity index (χ0v) is 11.9. The Bertz CT molecular complexity index is 434. The van der Waals surface area contributed by atoms with Crippen molar-refractivity contribution in [2.24, 2.45) is 0 Å². The van der Waals surface area contributed by atoms with E-state index in [-0.39, 0.29) is 11.4 Å². The molecule has 1 saturated heterocycles. The monoisotopic (exact) mass is 270 g/mol. The lowest BCUT2D eigenvalue weighted by Gasteiger charge is -2.43. The third kappa shape index (κ3) is 3.22. The summed E-state index contributed by atoms with van der Waals surface area (Å²) < 4.78 is 13.7. The Morgan fingerprint density at radius 3 is 2.94 bits per heavy atom. The fourth-order valence-electron chi connectivity index (χ4n) is 2.37. The minimum Gasteiger partial charge on any atom is -0.309 e. The topological polar surface area (TPSA) is 15.3 Å². The Balaban J connectivity index is 2.14. The number of nitrogens with zero attached hydrogens (tertiary/aromatic N) is 1. The minimum atomic E-state index is -0.178. The van der Waals surface area contributed by atoms with Crippen LogP contribution in [0.1, 0.15) is 26.3 Å². The molecule has 4 heteroatoms. The molecule has 1 aromatic carbocycles. The predicted octanol–water partition coefficient (Wildman–Crippen LogP) is 3.05. The lowest BCUT2D eigenvalue weighted by molar-refractivity contribution is 0.0966. The van der Waals surface area contributed by atoms with Gasteiger partial charge < -0.3 is 5.32 Å². The first kappa shape index (κ1) is 13.8. The van der Waals surface area contributed by atoms with Crippen LogP contribution in [0.3, 0.4) is 0 Å². The molecule has 1 aromatic rings. The molecule has 1 aliphatic heterocycles. The number of benzene rings is 1. The second-order valence-electron chi connectivity index (χ2n) is 5.75. The largest absolute Gasteiger partial charge is 0.309 e. The molecule has 1 atom stereocenters. The van der Waals surface area contributed by atoms with Gasteiger partial charge in [-0.15, -0.1) is 0 Å². The molecule has 0 aromatic heterocycles. The molecule has 100 valence electrons. The molecule has 1 aliphatic rings. The van der Waals surface area contributed by atoms with Gasteiger partial charge in [0.1, 0.15) is 5.82 Å². The fraction of sp³-hybridized carbons (Fsp3) is 0.571. The van der Waals surface area contributed by atoms with Crippen LogP contribution in [-0.4, -0.2) is 29.6 Å². The van der Waals surface area contributed by atoms with Gasteiger partial charge in [0.05, 0.1) is 0 Å². The third-order valence-electron chi connectivity index (χ3n) is 3.48. The van der Waals surface area contributed by atoms with Gasteiger partial charge in [-0.3, -0.25) is 4.90 Å². The molecule has 1 heterocycles. The first-order chi connectivity index (χ1) is 8.37. The average Bonchev–Trinajstić information content (AvgIpc) is 2.28. The molecular weight excluding hydrogens is 251 g/mol. The summed E-state index contributed by atoms with van der Waals surface area (Å²) in [6, 6.07) is 5.15. The number of halogens is 2. The van der Waals surface area contributed by atoms with Gasteiger partial charge in [0.2, 0.25) is 0 Å². The highest BCUT2D eigenvalue weighted by Gasteiger charge is 2.30. The van der Waals surface area contributed by atoms with E-state index in [1.54, 1.807) is 12.1 Å². The maximum absolute atomic E-state index is 13.7. The summed E-state index contributed by atoms with van der Waals surface area (Å²) in [6.45, 7) is 8.93. The van der Waals surface area contributed by atoms with Crippen molar-refractivity contribution in [2.75, 3.05) is 13.1 Å². The lowest BCUT2D eigenvalue weighted by atomic mass is 9.98. The van der Waals surface area contributed by atoms with Crippen molar-refractivity contribution in [3.05, 3.63) is 34.6 Å². The van der Waals surface area contributed by atoms with E-state index in [9.17, 15) is 4.39 Å². The van der Waals surface area contributed by atoms with E-state index in [0.29, 0.717) is 23.2 Å². The van der Waals surface area contributed by atoms with Gasteiger partial charge in [0.25, 0.3) is 0 Å². The van der Waals surface area contributed by atoms with Crippen molar-refractivity contribution in [2.45, 2.75) is 38.9 Å². The molecule has 0 amide bonds. The van der Waals surface area contributed by atoms with Crippen LogP contribution in [0.4, 0.5) is 4.39 Å². The first-order valence-corrected chi connectivity index (χ1v) is 6.68. The van der Waals surface area contributed by atoms with Crippen LogP contribution in [0, 0.1) is 5.82 Å². The van der Waals surface area contributed by atoms with Crippen molar-refractivity contribution in [3.63, 3.8) is 0 Å². The van der Waals surface area contributed by atoms with Gasteiger partial charge in [0, 0.05) is 41.8 Å². The second-order valence-corrected chi connectivity index (χ2v) is 6.19. The van der Waals surface area contributed by atoms with Gasteiger partial charge in [-0.05, 0) is 39.0 Å². The molecule has 1 N–H and O–H groups in total. The molecule has 1 fully saturated rings. The lowest BCUT2D eigenvalue weighted by Crippen LogP contribution is -2.60. The van der Waals surface area contributed by atoms with Gasteiger partial charge in [-0.25, -0.2) is 4.39 Å². The highest BCUT2D eigenvalue weighted by atomic mass is 35.5. The molecule has 2 nitrogen and oxygen atoms in total. The summed E-state index contributed by atoms with van der Waals surface area (Å²) in [7, 11) is 0. The number of hydrogen-bond acceptors (Lipinski definition) is 2. The number of hydrogen-bond donors (Lipinski definition) is 1. The standard InChI is InChI=1S/C14H20ClFN2/c1-10-7-17-14(2,3)9-18(10)8-11-6-12(15)4-5-13(11)16/h4-6,10,17H,7-9H2,1-3H3. The van der Waals surface area contributed by atoms with Crippen LogP contribution in [0.15, 0.2) is 18.2 Å². The van der Waals surface area contributed by atoms with Crippen LogP contribution in [0.2, 0.25) is 5.02 Å². The zero-order chi connectivity index (χ0) is 13.3. The van der Waals surface area contributed by atoms with E-state index in [2.05, 4.69) is 31.0 Å². The first-order valence-electron chi connectivity index (χ1n) is 6.30. The van der Waals surface area contributed by atoms with Crippen LogP contribution < -0.4 is 5.32 Å². The molecule has 18 heavy (non-hydrogen) atoms. The summed E-state index contributed by atoms with van der Waals surface area (Å²) in [5.41, 5.74) is 0.744. The van der Waals surface area contributed by atoms with E-state index in [1.807, 2.05) is 0 Å². The highest BCUT2D eigenvalue weighted by Crippen LogP contribution is 2.21. The normalized spacial score (nSPS) is 24.2. The summed E-state index contributed by atoms with van der Waals surface area (Å²) >= 11 is 5.93. The quantitative estimate of drug-likeness (QED) is 0.889. The molecule has 0 radical (unpaired) electrons. The summed E-state index contributed by atoms with van der Waals surface area (Å²) in [5.74, 6) is -0.178. The third-order valence-corrected chi connectivity index (χ3v) is 3.71. The fourth-order valence-corrected chi connectivity index (χ4v) is 2.56. The predicted molar refractivity (Wildman–Crippen MR) is 73.4 cm³/mol. The van der Waals surface area contributed by atoms with Crippen molar-refractivity contribution in [1.29, 1.82) is 0 Å². The van der Waals surface area contributed by atoms with E-state index < -0.39 is 0 Å². The SMILES string of the molecule is CC1CNC(C)(C)CN1Cc1cc(Cl)ccc1F. The highest BCUT2D eigenvalue weighted by molar-refractivity contribution is 6.30. The van der Waals surface area contributed by atoms with Crippen molar-refractivity contribution >= 4 is 11.6 Å². The summed E-state index contributed by atoms with van der Waals surface area (Å²) in [6.07, 6.45) is 0. The van der Waals surface area contributed by atoms with Crippen LogP contribution in [0.25, 0.3) is 0 Å². The maximum atomic E-state index is 13.7. The Morgan fingerprint density at radius 2 is 2.22 bits per heavy atom. The van der Waals surface area contributed by atoms with Gasteiger partial charge in [-0.1, -0.05) is 11.6 Å². The molecular formula is C14H20ClFN2. The smallest absolute Gasteiger partial charge is 0.127 e. The molecule has 0 spiro atoms.